The van der Waals surface area contributed by atoms with E-state index in [1.54, 1.807) is 24.3 Å². The van der Waals surface area contributed by atoms with Gasteiger partial charge in [0.05, 0.1) is 16.4 Å². The topological polar surface area (TPSA) is 102 Å². The van der Waals surface area contributed by atoms with Crippen LogP contribution in [0, 0.1) is 16.6 Å². The van der Waals surface area contributed by atoms with Crippen LogP contribution in [0.15, 0.2) is 47.0 Å². The number of nitrogens with zero attached hydrogens (tertiary/aromatic N) is 2. The molecule has 1 aliphatic heterocycles. The number of hydrogen-bond acceptors (Lipinski definition) is 5. The minimum absolute atomic E-state index is 0.0517. The number of fused-ring (bicyclic) bond motifs is 3. The molecule has 0 saturated heterocycles. The van der Waals surface area contributed by atoms with Gasteiger partial charge in [-0.05, 0) is 40.5 Å². The van der Waals surface area contributed by atoms with Gasteiger partial charge < -0.3 is 15.0 Å². The number of amides is 1. The van der Waals surface area contributed by atoms with Gasteiger partial charge >= 0.3 is 0 Å². The van der Waals surface area contributed by atoms with Crippen molar-refractivity contribution >= 4 is 39.8 Å². The summed E-state index contributed by atoms with van der Waals surface area (Å²) in [4.78, 5) is 18.4. The summed E-state index contributed by atoms with van der Waals surface area (Å²) in [6, 6.07) is 7.38. The van der Waals surface area contributed by atoms with E-state index in [4.69, 9.17) is 15.6 Å². The number of carbonyl (C=O) groups is 1. The van der Waals surface area contributed by atoms with Gasteiger partial charge in [0.2, 0.25) is 0 Å². The van der Waals surface area contributed by atoms with Crippen LogP contribution in [-0.4, -0.2) is 41.1 Å². The van der Waals surface area contributed by atoms with Crippen molar-refractivity contribution in [2.75, 3.05) is 18.5 Å². The number of ether oxygens (including phenoxy) is 1. The smallest absolute Gasteiger partial charge is 0.260 e. The maximum atomic E-state index is 13.9. The fourth-order valence-corrected chi connectivity index (χ4v) is 2.91. The average Bonchev–Trinajstić information content (AvgIpc) is 2.69. The average molecular weight is 446 g/mol. The van der Waals surface area contributed by atoms with Crippen LogP contribution in [0.4, 0.5) is 10.2 Å². The number of nitrogens with one attached hydrogen (secondary N) is 3. The number of carbonyl (C=O) groups excluding carboxylic acids is 1. The standard InChI is InChI=1S/C19H17BrFN5O2/c20-13-9-12-16(10-14(13)21)28-8-3-1-2-7-26(11-22)18(23)15-5-4-6-17(24-15)25-19(12)27/h1,3-6,9-11,22-23H,2,7-8H2,(H,24,25,27)/b3-1-,22-11?,23-18?. The van der Waals surface area contributed by atoms with Crippen LogP contribution in [0.3, 0.4) is 0 Å². The van der Waals surface area contributed by atoms with E-state index in [2.05, 4.69) is 26.2 Å². The van der Waals surface area contributed by atoms with E-state index >= 15 is 0 Å². The zero-order chi connectivity index (χ0) is 20.1. The van der Waals surface area contributed by atoms with Gasteiger partial charge in [0.25, 0.3) is 5.91 Å². The maximum Gasteiger partial charge on any atom is 0.260 e. The molecule has 1 aliphatic rings. The van der Waals surface area contributed by atoms with E-state index in [-0.39, 0.29) is 34.0 Å². The van der Waals surface area contributed by atoms with Crippen LogP contribution in [0.5, 0.6) is 5.75 Å². The van der Waals surface area contributed by atoms with E-state index < -0.39 is 11.7 Å². The zero-order valence-electron chi connectivity index (χ0n) is 14.7. The molecule has 1 aromatic heterocycles. The molecule has 2 heterocycles. The lowest BCUT2D eigenvalue weighted by Gasteiger charge is -2.18. The summed E-state index contributed by atoms with van der Waals surface area (Å²) in [5.41, 5.74) is 0.469. The van der Waals surface area contributed by atoms with Crippen molar-refractivity contribution in [3.05, 3.63) is 64.0 Å². The predicted molar refractivity (Wildman–Crippen MR) is 108 cm³/mol. The van der Waals surface area contributed by atoms with Gasteiger partial charge in [-0.15, -0.1) is 0 Å². The number of rotatable bonds is 1. The lowest BCUT2D eigenvalue weighted by atomic mass is 10.2. The van der Waals surface area contributed by atoms with E-state index in [0.717, 1.165) is 12.4 Å². The molecule has 0 atom stereocenters. The molecule has 0 aliphatic carbocycles. The minimum Gasteiger partial charge on any atom is -0.489 e. The Labute approximate surface area is 169 Å². The Morgan fingerprint density at radius 1 is 1.32 bits per heavy atom. The van der Waals surface area contributed by atoms with E-state index in [0.29, 0.717) is 18.7 Å². The Balaban J connectivity index is 2.01. The number of benzene rings is 1. The Bertz CT molecular complexity index is 963. The summed E-state index contributed by atoms with van der Waals surface area (Å²) >= 11 is 3.09. The van der Waals surface area contributed by atoms with Crippen LogP contribution in [0.25, 0.3) is 0 Å². The van der Waals surface area contributed by atoms with Crippen molar-refractivity contribution in [2.24, 2.45) is 0 Å². The highest BCUT2D eigenvalue weighted by Crippen LogP contribution is 2.27. The highest BCUT2D eigenvalue weighted by atomic mass is 79.9. The highest BCUT2D eigenvalue weighted by Gasteiger charge is 2.18. The lowest BCUT2D eigenvalue weighted by Crippen LogP contribution is -2.31. The van der Waals surface area contributed by atoms with Crippen molar-refractivity contribution in [2.45, 2.75) is 6.42 Å². The molecule has 2 aromatic rings. The second-order valence-electron chi connectivity index (χ2n) is 5.87. The quantitative estimate of drug-likeness (QED) is 0.352. The lowest BCUT2D eigenvalue weighted by molar-refractivity contribution is 0.102. The number of hydrogen-bond donors (Lipinski definition) is 3. The van der Waals surface area contributed by atoms with Crippen molar-refractivity contribution in [1.29, 1.82) is 10.8 Å². The van der Waals surface area contributed by atoms with E-state index in [9.17, 15) is 9.18 Å². The first-order valence-corrected chi connectivity index (χ1v) is 9.20. The molecule has 9 heteroatoms. The SMILES string of the molecule is N=CN1CC/C=C\COc2cc(F)c(Br)cc2C(=O)Nc2cccc(n2)C1=N. The fourth-order valence-electron chi connectivity index (χ4n) is 2.57. The third-order valence-corrected chi connectivity index (χ3v) is 4.59. The molecule has 0 radical (unpaired) electrons. The van der Waals surface area contributed by atoms with Crippen LogP contribution < -0.4 is 10.1 Å². The molecular weight excluding hydrogens is 429 g/mol. The Morgan fingerprint density at radius 2 is 2.14 bits per heavy atom. The molecule has 1 aromatic carbocycles. The van der Waals surface area contributed by atoms with Gasteiger partial charge in [-0.25, -0.2) is 9.37 Å². The summed E-state index contributed by atoms with van der Waals surface area (Å²) in [6.07, 6.45) is 5.21. The Hall–Kier alpha value is -3.07. The molecule has 3 N–H and O–H groups in total. The number of pyridine rings is 1. The van der Waals surface area contributed by atoms with Gasteiger partial charge in [-0.2, -0.15) is 0 Å². The van der Waals surface area contributed by atoms with Crippen LogP contribution in [0.1, 0.15) is 22.5 Å². The Kier molecular flexibility index (Phi) is 6.15. The van der Waals surface area contributed by atoms with E-state index in [1.807, 2.05) is 6.08 Å². The van der Waals surface area contributed by atoms with Gasteiger partial charge in [-0.3, -0.25) is 15.6 Å². The molecular formula is C19H17BrFN5O2. The summed E-state index contributed by atoms with van der Waals surface area (Å²) < 4.78 is 19.6. The third-order valence-electron chi connectivity index (χ3n) is 3.98. The first kappa shape index (κ1) is 19.7. The first-order chi connectivity index (χ1) is 13.5. The van der Waals surface area contributed by atoms with Crippen molar-refractivity contribution in [3.63, 3.8) is 0 Å². The largest absolute Gasteiger partial charge is 0.489 e. The molecule has 1 amide bonds. The Morgan fingerprint density at radius 3 is 2.93 bits per heavy atom. The van der Waals surface area contributed by atoms with Gasteiger partial charge in [-0.1, -0.05) is 18.2 Å². The normalized spacial score (nSPS) is 16.1. The van der Waals surface area contributed by atoms with Crippen molar-refractivity contribution in [3.8, 4) is 5.75 Å². The molecule has 7 nitrogen and oxygen atoms in total. The molecule has 3 rings (SSSR count). The monoisotopic (exact) mass is 445 g/mol. The van der Waals surface area contributed by atoms with Crippen LogP contribution in [-0.2, 0) is 0 Å². The third kappa shape index (κ3) is 4.42. The zero-order valence-corrected chi connectivity index (χ0v) is 16.3. The summed E-state index contributed by atoms with van der Waals surface area (Å²) in [6.45, 7) is 0.560. The molecule has 0 unspecified atom stereocenters. The summed E-state index contributed by atoms with van der Waals surface area (Å²) in [5, 5.41) is 18.5. The van der Waals surface area contributed by atoms with E-state index in [1.165, 1.54) is 11.0 Å². The molecule has 2 bridgehead atoms. The number of amidine groups is 1. The molecule has 28 heavy (non-hydrogen) atoms. The van der Waals surface area contributed by atoms with Gasteiger partial charge in [0.1, 0.15) is 29.7 Å². The van der Waals surface area contributed by atoms with Crippen LogP contribution >= 0.6 is 15.9 Å². The molecule has 0 spiro atoms. The summed E-state index contributed by atoms with van der Waals surface area (Å²) in [5.74, 6) is -0.659. The molecule has 0 saturated carbocycles. The summed E-state index contributed by atoms with van der Waals surface area (Å²) in [7, 11) is 0. The van der Waals surface area contributed by atoms with Gasteiger partial charge in [0, 0.05) is 12.6 Å². The van der Waals surface area contributed by atoms with Gasteiger partial charge in [0.15, 0.2) is 5.84 Å². The highest BCUT2D eigenvalue weighted by molar-refractivity contribution is 9.10. The second-order valence-corrected chi connectivity index (χ2v) is 6.72. The fraction of sp³-hybridized carbons (Fsp3) is 0.158. The number of halogens is 2. The minimum atomic E-state index is -0.538. The van der Waals surface area contributed by atoms with Crippen molar-refractivity contribution in [1.82, 2.24) is 9.88 Å². The second kappa shape index (κ2) is 8.75. The number of anilines is 1. The van der Waals surface area contributed by atoms with Crippen LogP contribution in [0.2, 0.25) is 0 Å². The molecule has 144 valence electrons. The first-order valence-electron chi connectivity index (χ1n) is 8.41. The predicted octanol–water partition coefficient (Wildman–Crippen LogP) is 3.81. The maximum absolute atomic E-state index is 13.9. The van der Waals surface area contributed by atoms with Crippen molar-refractivity contribution < 1.29 is 13.9 Å². The number of aromatic nitrogens is 1. The molecule has 0 fully saturated rings.